The molecular weight excluding hydrogens is 408 g/mol. The summed E-state index contributed by atoms with van der Waals surface area (Å²) in [5.74, 6) is -1.58. The van der Waals surface area contributed by atoms with Crippen molar-refractivity contribution in [3.8, 4) is 0 Å². The van der Waals surface area contributed by atoms with Gasteiger partial charge in [-0.2, -0.15) is 0 Å². The van der Waals surface area contributed by atoms with Gasteiger partial charge in [-0.15, -0.1) is 0 Å². The number of carbonyl (C=O) groups is 2. The first-order chi connectivity index (χ1) is 15.4. The van der Waals surface area contributed by atoms with E-state index in [-0.39, 0.29) is 17.2 Å². The van der Waals surface area contributed by atoms with Gasteiger partial charge in [0.05, 0.1) is 12.6 Å². The number of hydrogen-bond donors (Lipinski definition) is 2. The Morgan fingerprint density at radius 3 is 2.44 bits per heavy atom. The van der Waals surface area contributed by atoms with Crippen molar-refractivity contribution < 1.29 is 19.4 Å². The van der Waals surface area contributed by atoms with Crippen LogP contribution >= 0.6 is 0 Å². The first-order valence-electron chi connectivity index (χ1n) is 12.3. The normalized spacial score (nSPS) is 19.3. The summed E-state index contributed by atoms with van der Waals surface area (Å²) in [6.07, 6.45) is 9.97. The Balaban J connectivity index is 1.98. The molecule has 1 heterocycles. The number of rotatable bonds is 8. The van der Waals surface area contributed by atoms with Gasteiger partial charge in [0.2, 0.25) is 0 Å². The van der Waals surface area contributed by atoms with E-state index < -0.39 is 17.4 Å². The second kappa shape index (κ2) is 11.1. The molecule has 178 valence electrons. The summed E-state index contributed by atoms with van der Waals surface area (Å²) in [6, 6.07) is 1.73. The molecule has 0 spiro atoms. The molecular formula is C25H38N2O5. The number of aryl methyl sites for hydroxylation is 1. The molecule has 7 nitrogen and oxygen atoms in total. The molecule has 0 radical (unpaired) electrons. The SMILES string of the molecule is CCCOC(C)Cn1c2c(cc(C(=O)NC3(C(=O)O)CCCCC3)c1=O)CCCCCC2. The first kappa shape index (κ1) is 24.5. The maximum atomic E-state index is 13.5. The Morgan fingerprint density at radius 2 is 1.78 bits per heavy atom. The van der Waals surface area contributed by atoms with E-state index in [2.05, 4.69) is 5.32 Å². The molecule has 1 amide bonds. The van der Waals surface area contributed by atoms with E-state index in [0.717, 1.165) is 75.5 Å². The number of ether oxygens (including phenoxy) is 1. The third-order valence-electron chi connectivity index (χ3n) is 6.86. The number of nitrogens with one attached hydrogen (secondary N) is 1. The predicted octanol–water partition coefficient (Wildman–Crippen LogP) is 3.84. The highest BCUT2D eigenvalue weighted by molar-refractivity contribution is 5.97. The quantitative estimate of drug-likeness (QED) is 0.632. The van der Waals surface area contributed by atoms with E-state index in [9.17, 15) is 19.5 Å². The Hall–Kier alpha value is -2.15. The Morgan fingerprint density at radius 1 is 1.12 bits per heavy atom. The van der Waals surface area contributed by atoms with E-state index in [0.29, 0.717) is 26.0 Å². The maximum Gasteiger partial charge on any atom is 0.329 e. The highest BCUT2D eigenvalue weighted by Crippen LogP contribution is 2.29. The van der Waals surface area contributed by atoms with Gasteiger partial charge in [-0.3, -0.25) is 9.59 Å². The summed E-state index contributed by atoms with van der Waals surface area (Å²) in [7, 11) is 0. The largest absolute Gasteiger partial charge is 0.480 e. The zero-order chi connectivity index (χ0) is 23.1. The van der Waals surface area contributed by atoms with Gasteiger partial charge in [0.15, 0.2) is 0 Å². The summed E-state index contributed by atoms with van der Waals surface area (Å²) in [4.78, 5) is 38.8. The highest BCUT2D eigenvalue weighted by Gasteiger charge is 2.41. The number of fused-ring (bicyclic) bond motifs is 1. The van der Waals surface area contributed by atoms with Crippen molar-refractivity contribution in [3.63, 3.8) is 0 Å². The fourth-order valence-electron chi connectivity index (χ4n) is 5.05. The van der Waals surface area contributed by atoms with Gasteiger partial charge in [0.25, 0.3) is 11.5 Å². The number of nitrogens with zero attached hydrogens (tertiary/aromatic N) is 1. The summed E-state index contributed by atoms with van der Waals surface area (Å²) in [5, 5.41) is 12.6. The molecule has 2 N–H and O–H groups in total. The fraction of sp³-hybridized carbons (Fsp3) is 0.720. The van der Waals surface area contributed by atoms with Crippen molar-refractivity contribution in [1.29, 1.82) is 0 Å². The summed E-state index contributed by atoms with van der Waals surface area (Å²) < 4.78 is 7.55. The molecule has 32 heavy (non-hydrogen) atoms. The van der Waals surface area contributed by atoms with E-state index >= 15 is 0 Å². The number of hydrogen-bond acceptors (Lipinski definition) is 4. The van der Waals surface area contributed by atoms with Crippen LogP contribution in [0.3, 0.4) is 0 Å². The average Bonchev–Trinajstić information content (AvgIpc) is 2.75. The van der Waals surface area contributed by atoms with Crippen LogP contribution in [0.4, 0.5) is 0 Å². The smallest absolute Gasteiger partial charge is 0.329 e. The van der Waals surface area contributed by atoms with E-state index in [1.54, 1.807) is 10.6 Å². The molecule has 1 saturated carbocycles. The summed E-state index contributed by atoms with van der Waals surface area (Å²) in [5.41, 5.74) is 0.464. The molecule has 2 aliphatic rings. The van der Waals surface area contributed by atoms with Crippen LogP contribution in [0.5, 0.6) is 0 Å². The van der Waals surface area contributed by atoms with Gasteiger partial charge in [-0.05, 0) is 63.5 Å². The van der Waals surface area contributed by atoms with Gasteiger partial charge in [-0.25, -0.2) is 4.79 Å². The number of carboxylic acids is 1. The van der Waals surface area contributed by atoms with Gasteiger partial charge in [0, 0.05) is 12.3 Å². The average molecular weight is 447 g/mol. The zero-order valence-electron chi connectivity index (χ0n) is 19.6. The summed E-state index contributed by atoms with van der Waals surface area (Å²) >= 11 is 0. The monoisotopic (exact) mass is 446 g/mol. The van der Waals surface area contributed by atoms with Crippen molar-refractivity contribution in [2.75, 3.05) is 6.61 Å². The van der Waals surface area contributed by atoms with E-state index in [1.807, 2.05) is 13.8 Å². The predicted molar refractivity (Wildman–Crippen MR) is 123 cm³/mol. The van der Waals surface area contributed by atoms with Crippen LogP contribution in [0.1, 0.15) is 99.7 Å². The van der Waals surface area contributed by atoms with Crippen LogP contribution in [0.2, 0.25) is 0 Å². The Kier molecular flexibility index (Phi) is 8.51. The molecule has 1 unspecified atom stereocenters. The number of carbonyl (C=O) groups excluding carboxylic acids is 1. The molecule has 1 aromatic rings. The van der Waals surface area contributed by atoms with Crippen LogP contribution in [-0.4, -0.2) is 39.8 Å². The number of aromatic nitrogens is 1. The van der Waals surface area contributed by atoms with Crippen molar-refractivity contribution in [2.24, 2.45) is 0 Å². The second-order valence-electron chi connectivity index (χ2n) is 9.44. The van der Waals surface area contributed by atoms with Crippen molar-refractivity contribution in [1.82, 2.24) is 9.88 Å². The Labute approximate surface area is 190 Å². The van der Waals surface area contributed by atoms with Gasteiger partial charge >= 0.3 is 5.97 Å². The van der Waals surface area contributed by atoms with Crippen LogP contribution < -0.4 is 10.9 Å². The molecule has 2 aliphatic carbocycles. The highest BCUT2D eigenvalue weighted by atomic mass is 16.5. The van der Waals surface area contributed by atoms with E-state index in [4.69, 9.17) is 4.74 Å². The molecule has 1 aromatic heterocycles. The number of aliphatic carboxylic acids is 1. The zero-order valence-corrected chi connectivity index (χ0v) is 19.6. The lowest BCUT2D eigenvalue weighted by atomic mass is 9.81. The third kappa shape index (κ3) is 5.61. The molecule has 0 aromatic carbocycles. The van der Waals surface area contributed by atoms with Gasteiger partial charge < -0.3 is 19.7 Å². The lowest BCUT2D eigenvalue weighted by Gasteiger charge is -2.34. The van der Waals surface area contributed by atoms with Crippen LogP contribution in [-0.2, 0) is 28.9 Å². The lowest BCUT2D eigenvalue weighted by molar-refractivity contribution is -0.145. The standard InChI is InChI=1S/C25H38N2O5/c1-3-15-32-18(2)17-27-21-12-8-5-4-7-11-19(21)16-20(23(27)29)22(28)26-25(24(30)31)13-9-6-10-14-25/h16,18H,3-15,17H2,1-2H3,(H,26,28)(H,30,31). The first-order valence-corrected chi connectivity index (χ1v) is 12.3. The fourth-order valence-corrected chi connectivity index (χ4v) is 5.05. The van der Waals surface area contributed by atoms with E-state index in [1.165, 1.54) is 0 Å². The topological polar surface area (TPSA) is 97.6 Å². The number of pyridine rings is 1. The minimum atomic E-state index is -1.28. The van der Waals surface area contributed by atoms with Crippen LogP contribution in [0, 0.1) is 0 Å². The number of carboxylic acid groups (broad SMARTS) is 1. The minimum Gasteiger partial charge on any atom is -0.480 e. The summed E-state index contributed by atoms with van der Waals surface area (Å²) in [6.45, 7) is 5.01. The van der Waals surface area contributed by atoms with Crippen molar-refractivity contribution >= 4 is 11.9 Å². The molecule has 1 atom stereocenters. The maximum absolute atomic E-state index is 13.5. The number of amides is 1. The second-order valence-corrected chi connectivity index (χ2v) is 9.44. The van der Waals surface area contributed by atoms with Gasteiger partial charge in [0.1, 0.15) is 11.1 Å². The Bertz CT molecular complexity index is 870. The van der Waals surface area contributed by atoms with Crippen molar-refractivity contribution in [2.45, 2.75) is 109 Å². The van der Waals surface area contributed by atoms with Crippen LogP contribution in [0.25, 0.3) is 0 Å². The van der Waals surface area contributed by atoms with Crippen LogP contribution in [0.15, 0.2) is 10.9 Å². The lowest BCUT2D eigenvalue weighted by Crippen LogP contribution is -2.56. The molecule has 0 bridgehead atoms. The molecule has 0 aliphatic heterocycles. The molecule has 1 fully saturated rings. The van der Waals surface area contributed by atoms with Gasteiger partial charge in [-0.1, -0.05) is 39.0 Å². The minimum absolute atomic E-state index is 0.0539. The molecule has 0 saturated heterocycles. The third-order valence-corrected chi connectivity index (χ3v) is 6.86. The molecule has 7 heteroatoms. The molecule has 3 rings (SSSR count). The van der Waals surface area contributed by atoms with Crippen molar-refractivity contribution in [3.05, 3.63) is 33.2 Å².